The van der Waals surface area contributed by atoms with Crippen LogP contribution in [0.1, 0.15) is 23.5 Å². The number of hydrogen-bond acceptors (Lipinski definition) is 6. The largest absolute Gasteiger partial charge is 0.495 e. The van der Waals surface area contributed by atoms with Crippen LogP contribution in [0.4, 0.5) is 11.4 Å². The van der Waals surface area contributed by atoms with Crippen LogP contribution in [0.15, 0.2) is 30.3 Å². The molecule has 0 bridgehead atoms. The highest BCUT2D eigenvalue weighted by atomic mass is 16.7. The lowest BCUT2D eigenvalue weighted by Crippen LogP contribution is -2.24. The summed E-state index contributed by atoms with van der Waals surface area (Å²) in [6.07, 6.45) is 0.269. The zero-order chi connectivity index (χ0) is 19.7. The van der Waals surface area contributed by atoms with Crippen LogP contribution in [0.3, 0.4) is 0 Å². The molecule has 2 aliphatic rings. The summed E-state index contributed by atoms with van der Waals surface area (Å²) < 4.78 is 21.4. The molecule has 8 nitrogen and oxygen atoms in total. The minimum absolute atomic E-state index is 0.0806. The van der Waals surface area contributed by atoms with Gasteiger partial charge in [0.05, 0.1) is 12.8 Å². The van der Waals surface area contributed by atoms with E-state index in [1.165, 1.54) is 14.2 Å². The zero-order valence-corrected chi connectivity index (χ0v) is 15.5. The van der Waals surface area contributed by atoms with Crippen LogP contribution >= 0.6 is 0 Å². The first-order chi connectivity index (χ1) is 13.6. The molecule has 2 aromatic carbocycles. The molecule has 0 saturated carbocycles. The molecule has 0 aliphatic carbocycles. The van der Waals surface area contributed by atoms with Crippen LogP contribution in [0.5, 0.6) is 17.2 Å². The van der Waals surface area contributed by atoms with Crippen molar-refractivity contribution in [2.24, 2.45) is 0 Å². The third-order valence-electron chi connectivity index (χ3n) is 4.76. The molecule has 1 atom stereocenters. The van der Waals surface area contributed by atoms with Crippen molar-refractivity contribution in [1.82, 2.24) is 0 Å². The quantitative estimate of drug-likeness (QED) is 0.822. The number of amides is 2. The highest BCUT2D eigenvalue weighted by Gasteiger charge is 2.32. The van der Waals surface area contributed by atoms with Gasteiger partial charge in [-0.25, -0.2) is 0 Å². The Kier molecular flexibility index (Phi) is 4.79. The van der Waals surface area contributed by atoms with Crippen LogP contribution in [-0.2, 0) is 14.3 Å². The lowest BCUT2D eigenvalue weighted by molar-refractivity contribution is -0.119. The van der Waals surface area contributed by atoms with E-state index >= 15 is 0 Å². The number of para-hydroxylation sites is 1. The Hall–Kier alpha value is -3.26. The van der Waals surface area contributed by atoms with Gasteiger partial charge in [-0.15, -0.1) is 0 Å². The van der Waals surface area contributed by atoms with Crippen molar-refractivity contribution in [1.29, 1.82) is 0 Å². The second kappa shape index (κ2) is 7.40. The van der Waals surface area contributed by atoms with Gasteiger partial charge in [0.15, 0.2) is 11.5 Å². The molecule has 28 heavy (non-hydrogen) atoms. The van der Waals surface area contributed by atoms with Gasteiger partial charge < -0.3 is 29.6 Å². The summed E-state index contributed by atoms with van der Waals surface area (Å²) in [6, 6.07) is 9.18. The number of ether oxygens (including phenoxy) is 4. The number of benzene rings is 2. The molecule has 8 heteroatoms. The molecule has 0 fully saturated rings. The maximum atomic E-state index is 12.4. The van der Waals surface area contributed by atoms with E-state index in [0.717, 1.165) is 11.1 Å². The lowest BCUT2D eigenvalue weighted by Gasteiger charge is -2.28. The van der Waals surface area contributed by atoms with Gasteiger partial charge in [-0.3, -0.25) is 9.59 Å². The first-order valence-corrected chi connectivity index (χ1v) is 8.79. The van der Waals surface area contributed by atoms with Crippen molar-refractivity contribution in [2.45, 2.75) is 12.3 Å². The third-order valence-corrected chi connectivity index (χ3v) is 4.76. The van der Waals surface area contributed by atoms with Crippen molar-refractivity contribution in [3.8, 4) is 17.2 Å². The molecule has 2 amide bonds. The normalized spacial score (nSPS) is 16.9. The van der Waals surface area contributed by atoms with E-state index in [9.17, 15) is 9.59 Å². The van der Waals surface area contributed by atoms with Gasteiger partial charge in [-0.2, -0.15) is 0 Å². The van der Waals surface area contributed by atoms with E-state index < -0.39 is 0 Å². The van der Waals surface area contributed by atoms with Gasteiger partial charge in [0.25, 0.3) is 0 Å². The Morgan fingerprint density at radius 3 is 2.89 bits per heavy atom. The van der Waals surface area contributed by atoms with Gasteiger partial charge >= 0.3 is 0 Å². The predicted molar refractivity (Wildman–Crippen MR) is 101 cm³/mol. The Bertz CT molecular complexity index is 943. The highest BCUT2D eigenvalue weighted by Crippen LogP contribution is 2.47. The average Bonchev–Trinajstić information content (AvgIpc) is 3.16. The summed E-state index contributed by atoms with van der Waals surface area (Å²) in [5, 5.41) is 5.61. The molecule has 1 unspecified atom stereocenters. The summed E-state index contributed by atoms with van der Waals surface area (Å²) in [4.78, 5) is 24.3. The second-order valence-corrected chi connectivity index (χ2v) is 6.51. The molecule has 0 aromatic heterocycles. The standard InChI is InChI=1S/C20H20N2O6/c1-25-9-19(24)22-15-8-14-13(6-17(15)26-2)12(7-18(23)21-14)11-4-3-5-16-20(11)28-10-27-16/h3-6,8,12H,7,9-10H2,1-2H3,(H,21,23)(H,22,24). The Morgan fingerprint density at radius 2 is 2.11 bits per heavy atom. The molecule has 2 aliphatic heterocycles. The van der Waals surface area contributed by atoms with E-state index in [-0.39, 0.29) is 37.6 Å². The average molecular weight is 384 g/mol. The van der Waals surface area contributed by atoms with Crippen LogP contribution in [0, 0.1) is 0 Å². The van der Waals surface area contributed by atoms with Crippen molar-refractivity contribution in [3.63, 3.8) is 0 Å². The Morgan fingerprint density at radius 1 is 1.25 bits per heavy atom. The third kappa shape index (κ3) is 3.22. The lowest BCUT2D eigenvalue weighted by atomic mass is 9.84. The van der Waals surface area contributed by atoms with Crippen LogP contribution in [-0.4, -0.2) is 39.4 Å². The van der Waals surface area contributed by atoms with E-state index in [0.29, 0.717) is 28.6 Å². The minimum atomic E-state index is -0.314. The maximum absolute atomic E-state index is 12.4. The van der Waals surface area contributed by atoms with Crippen molar-refractivity contribution in [3.05, 3.63) is 41.5 Å². The summed E-state index contributed by atoms with van der Waals surface area (Å²) in [5.41, 5.74) is 2.84. The maximum Gasteiger partial charge on any atom is 0.250 e. The summed E-state index contributed by atoms with van der Waals surface area (Å²) in [6.45, 7) is 0.0780. The molecule has 146 valence electrons. The number of methoxy groups -OCH3 is 2. The fraction of sp³-hybridized carbons (Fsp3) is 0.300. The van der Waals surface area contributed by atoms with Crippen molar-refractivity contribution >= 4 is 23.2 Å². The highest BCUT2D eigenvalue weighted by molar-refractivity contribution is 5.99. The number of fused-ring (bicyclic) bond motifs is 2. The molecule has 0 saturated heterocycles. The number of nitrogens with one attached hydrogen (secondary N) is 2. The number of carbonyl (C=O) groups is 2. The number of hydrogen-bond donors (Lipinski definition) is 2. The SMILES string of the molecule is COCC(=O)Nc1cc2c(cc1OC)C(c1cccc3c1OCO3)CC(=O)N2. The Balaban J connectivity index is 1.77. The van der Waals surface area contributed by atoms with E-state index in [1.807, 2.05) is 24.3 Å². The smallest absolute Gasteiger partial charge is 0.250 e. The number of carbonyl (C=O) groups excluding carboxylic acids is 2. The van der Waals surface area contributed by atoms with Gasteiger partial charge in [0.1, 0.15) is 12.4 Å². The number of anilines is 2. The van der Waals surface area contributed by atoms with Crippen molar-refractivity contribution in [2.75, 3.05) is 38.3 Å². The van der Waals surface area contributed by atoms with Crippen LogP contribution < -0.4 is 24.8 Å². The first-order valence-electron chi connectivity index (χ1n) is 8.79. The van der Waals surface area contributed by atoms with E-state index in [2.05, 4.69) is 10.6 Å². The predicted octanol–water partition coefficient (Wildman–Crippen LogP) is 2.48. The van der Waals surface area contributed by atoms with Crippen LogP contribution in [0.2, 0.25) is 0 Å². The summed E-state index contributed by atoms with van der Waals surface area (Å²) in [5.74, 6) is 1.16. The monoisotopic (exact) mass is 384 g/mol. The summed E-state index contributed by atoms with van der Waals surface area (Å²) in [7, 11) is 2.97. The van der Waals surface area contributed by atoms with Gasteiger partial charge in [-0.1, -0.05) is 12.1 Å². The fourth-order valence-corrected chi connectivity index (χ4v) is 3.58. The van der Waals surface area contributed by atoms with E-state index in [1.54, 1.807) is 6.07 Å². The number of rotatable bonds is 5. The minimum Gasteiger partial charge on any atom is -0.495 e. The molecule has 2 N–H and O–H groups in total. The molecule has 2 heterocycles. The van der Waals surface area contributed by atoms with Gasteiger partial charge in [0, 0.05) is 30.7 Å². The van der Waals surface area contributed by atoms with E-state index in [4.69, 9.17) is 18.9 Å². The van der Waals surface area contributed by atoms with Gasteiger partial charge in [-0.05, 0) is 23.8 Å². The molecular formula is C20H20N2O6. The molecule has 4 rings (SSSR count). The summed E-state index contributed by atoms with van der Waals surface area (Å²) >= 11 is 0. The molecule has 0 spiro atoms. The second-order valence-electron chi connectivity index (χ2n) is 6.51. The molecule has 0 radical (unpaired) electrons. The van der Waals surface area contributed by atoms with Crippen LogP contribution in [0.25, 0.3) is 0 Å². The Labute approximate surface area is 161 Å². The topological polar surface area (TPSA) is 95.1 Å². The zero-order valence-electron chi connectivity index (χ0n) is 15.5. The van der Waals surface area contributed by atoms with Gasteiger partial charge in [0.2, 0.25) is 18.6 Å². The molecular weight excluding hydrogens is 364 g/mol. The fourth-order valence-electron chi connectivity index (χ4n) is 3.58. The first kappa shape index (κ1) is 18.1. The van der Waals surface area contributed by atoms with Crippen molar-refractivity contribution < 1.29 is 28.5 Å². The molecule has 2 aromatic rings.